The van der Waals surface area contributed by atoms with Gasteiger partial charge in [-0.15, -0.1) is 0 Å². The summed E-state index contributed by atoms with van der Waals surface area (Å²) < 4.78 is 1.19. The Kier molecular flexibility index (Phi) is 5.68. The second-order valence-electron chi connectivity index (χ2n) is 6.71. The van der Waals surface area contributed by atoms with Gasteiger partial charge in [0.2, 0.25) is 0 Å². The molecule has 112 valence electrons. The van der Waals surface area contributed by atoms with Gasteiger partial charge in [0.25, 0.3) is 0 Å². The van der Waals surface area contributed by atoms with E-state index >= 15 is 0 Å². The van der Waals surface area contributed by atoms with Gasteiger partial charge in [-0.05, 0) is 73.7 Å². The number of hydrogen-bond donors (Lipinski definition) is 1. The lowest BCUT2D eigenvalue weighted by Gasteiger charge is -2.37. The first-order valence-electron chi connectivity index (χ1n) is 8.00. The molecule has 1 N–H and O–H groups in total. The van der Waals surface area contributed by atoms with Gasteiger partial charge in [-0.1, -0.05) is 42.8 Å². The van der Waals surface area contributed by atoms with Crippen molar-refractivity contribution in [2.75, 3.05) is 6.54 Å². The number of nitrogens with one attached hydrogen (secondary N) is 1. The number of aryl methyl sites for hydroxylation is 1. The molecule has 2 rings (SSSR count). The summed E-state index contributed by atoms with van der Waals surface area (Å²) in [5.41, 5.74) is 2.89. The van der Waals surface area contributed by atoms with Crippen molar-refractivity contribution < 1.29 is 0 Å². The van der Waals surface area contributed by atoms with Crippen molar-refractivity contribution in [2.24, 2.45) is 17.8 Å². The number of halogens is 1. The van der Waals surface area contributed by atoms with Crippen LogP contribution in [0.1, 0.15) is 57.2 Å². The molecule has 1 fully saturated rings. The number of rotatable bonds is 4. The molecule has 2 heteroatoms. The molecule has 0 bridgehead atoms. The van der Waals surface area contributed by atoms with Crippen molar-refractivity contribution in [1.29, 1.82) is 0 Å². The topological polar surface area (TPSA) is 12.0 Å². The molecule has 1 aromatic carbocycles. The Morgan fingerprint density at radius 2 is 1.85 bits per heavy atom. The van der Waals surface area contributed by atoms with Crippen LogP contribution in [0, 0.1) is 24.7 Å². The van der Waals surface area contributed by atoms with E-state index in [-0.39, 0.29) is 0 Å². The van der Waals surface area contributed by atoms with Crippen molar-refractivity contribution in [1.82, 2.24) is 5.32 Å². The molecule has 1 nitrogen and oxygen atoms in total. The van der Waals surface area contributed by atoms with Gasteiger partial charge in [-0.25, -0.2) is 0 Å². The Bertz CT molecular complexity index is 433. The van der Waals surface area contributed by atoms with Crippen LogP contribution in [0.2, 0.25) is 0 Å². The van der Waals surface area contributed by atoms with Crippen LogP contribution in [-0.4, -0.2) is 6.54 Å². The summed E-state index contributed by atoms with van der Waals surface area (Å²) in [6.45, 7) is 10.3. The Hall–Kier alpha value is -0.340. The molecule has 3 unspecified atom stereocenters. The van der Waals surface area contributed by atoms with Crippen LogP contribution in [0.4, 0.5) is 0 Å². The van der Waals surface area contributed by atoms with E-state index in [9.17, 15) is 0 Å². The highest BCUT2D eigenvalue weighted by atomic mass is 79.9. The SMILES string of the molecule is CCNC(c1cc(Br)ccc1C)C1CC(C)CC(C)C1. The van der Waals surface area contributed by atoms with E-state index < -0.39 is 0 Å². The molecule has 1 aromatic rings. The monoisotopic (exact) mass is 337 g/mol. The van der Waals surface area contributed by atoms with E-state index in [0.29, 0.717) is 6.04 Å². The van der Waals surface area contributed by atoms with Gasteiger partial charge >= 0.3 is 0 Å². The first-order chi connectivity index (χ1) is 9.51. The summed E-state index contributed by atoms with van der Waals surface area (Å²) in [5.74, 6) is 2.48. The Balaban J connectivity index is 2.28. The largest absolute Gasteiger partial charge is 0.310 e. The molecule has 0 aliphatic heterocycles. The highest BCUT2D eigenvalue weighted by Gasteiger charge is 2.31. The van der Waals surface area contributed by atoms with Gasteiger partial charge in [0, 0.05) is 10.5 Å². The van der Waals surface area contributed by atoms with E-state index in [2.05, 4.69) is 67.1 Å². The van der Waals surface area contributed by atoms with E-state index in [1.54, 1.807) is 0 Å². The van der Waals surface area contributed by atoms with Gasteiger partial charge in [-0.2, -0.15) is 0 Å². The van der Waals surface area contributed by atoms with E-state index in [1.165, 1.54) is 34.9 Å². The Morgan fingerprint density at radius 1 is 1.20 bits per heavy atom. The third kappa shape index (κ3) is 3.85. The quantitative estimate of drug-likeness (QED) is 0.766. The minimum Gasteiger partial charge on any atom is -0.310 e. The summed E-state index contributed by atoms with van der Waals surface area (Å²) in [6, 6.07) is 7.20. The molecule has 0 heterocycles. The molecule has 0 saturated heterocycles. The summed E-state index contributed by atoms with van der Waals surface area (Å²) in [5, 5.41) is 3.76. The average molecular weight is 338 g/mol. The molecule has 1 aliphatic rings. The molecule has 3 atom stereocenters. The maximum Gasteiger partial charge on any atom is 0.0351 e. The van der Waals surface area contributed by atoms with Crippen molar-refractivity contribution >= 4 is 15.9 Å². The molecule has 0 amide bonds. The minimum atomic E-state index is 0.503. The molecule has 1 aliphatic carbocycles. The molecule has 0 spiro atoms. The van der Waals surface area contributed by atoms with Crippen LogP contribution in [0.3, 0.4) is 0 Å². The summed E-state index contributed by atoms with van der Waals surface area (Å²) in [6.07, 6.45) is 4.11. The summed E-state index contributed by atoms with van der Waals surface area (Å²) in [4.78, 5) is 0. The van der Waals surface area contributed by atoms with Crippen LogP contribution in [-0.2, 0) is 0 Å². The number of hydrogen-bond acceptors (Lipinski definition) is 1. The van der Waals surface area contributed by atoms with Crippen LogP contribution in [0.15, 0.2) is 22.7 Å². The van der Waals surface area contributed by atoms with E-state index in [1.807, 2.05) is 0 Å². The fourth-order valence-electron chi connectivity index (χ4n) is 3.98. The lowest BCUT2D eigenvalue weighted by Crippen LogP contribution is -2.33. The highest BCUT2D eigenvalue weighted by Crippen LogP contribution is 2.40. The lowest BCUT2D eigenvalue weighted by molar-refractivity contribution is 0.177. The predicted molar refractivity (Wildman–Crippen MR) is 91.0 cm³/mol. The zero-order valence-electron chi connectivity index (χ0n) is 13.2. The average Bonchev–Trinajstić information content (AvgIpc) is 2.38. The van der Waals surface area contributed by atoms with E-state index in [0.717, 1.165) is 24.3 Å². The zero-order chi connectivity index (χ0) is 14.7. The minimum absolute atomic E-state index is 0.503. The van der Waals surface area contributed by atoms with Gasteiger partial charge in [0.15, 0.2) is 0 Å². The summed E-state index contributed by atoms with van der Waals surface area (Å²) in [7, 11) is 0. The van der Waals surface area contributed by atoms with Crippen molar-refractivity contribution in [3.63, 3.8) is 0 Å². The number of benzene rings is 1. The predicted octanol–water partition coefficient (Wildman–Crippen LogP) is 5.48. The molecule has 0 radical (unpaired) electrons. The summed E-state index contributed by atoms with van der Waals surface area (Å²) >= 11 is 3.64. The zero-order valence-corrected chi connectivity index (χ0v) is 14.8. The van der Waals surface area contributed by atoms with Crippen LogP contribution >= 0.6 is 15.9 Å². The molecule has 20 heavy (non-hydrogen) atoms. The smallest absolute Gasteiger partial charge is 0.0351 e. The Labute approximate surface area is 132 Å². The molecule has 1 saturated carbocycles. The Morgan fingerprint density at radius 3 is 2.45 bits per heavy atom. The van der Waals surface area contributed by atoms with Gasteiger partial charge in [0.05, 0.1) is 0 Å². The van der Waals surface area contributed by atoms with Crippen LogP contribution in [0.5, 0.6) is 0 Å². The lowest BCUT2D eigenvalue weighted by atomic mass is 9.72. The third-order valence-corrected chi connectivity index (χ3v) is 5.18. The first-order valence-corrected chi connectivity index (χ1v) is 8.80. The first kappa shape index (κ1) is 16.0. The molecular formula is C18H28BrN. The molecular weight excluding hydrogens is 310 g/mol. The van der Waals surface area contributed by atoms with Gasteiger partial charge in [0.1, 0.15) is 0 Å². The maximum absolute atomic E-state index is 3.76. The second-order valence-corrected chi connectivity index (χ2v) is 7.63. The molecule has 0 aromatic heterocycles. The fraction of sp³-hybridized carbons (Fsp3) is 0.667. The van der Waals surface area contributed by atoms with E-state index in [4.69, 9.17) is 0 Å². The fourth-order valence-corrected chi connectivity index (χ4v) is 4.36. The van der Waals surface area contributed by atoms with Crippen LogP contribution in [0.25, 0.3) is 0 Å². The van der Waals surface area contributed by atoms with Crippen molar-refractivity contribution in [2.45, 2.75) is 53.0 Å². The standard InChI is InChI=1S/C18H28BrN/c1-5-20-18(15-9-12(2)8-13(3)10-15)17-11-16(19)7-6-14(17)4/h6-7,11-13,15,18,20H,5,8-10H2,1-4H3. The highest BCUT2D eigenvalue weighted by molar-refractivity contribution is 9.10. The van der Waals surface area contributed by atoms with Crippen molar-refractivity contribution in [3.8, 4) is 0 Å². The van der Waals surface area contributed by atoms with Gasteiger partial charge in [-0.3, -0.25) is 0 Å². The second kappa shape index (κ2) is 7.09. The van der Waals surface area contributed by atoms with Gasteiger partial charge < -0.3 is 5.32 Å². The normalized spacial score (nSPS) is 28.4. The maximum atomic E-state index is 3.76. The van der Waals surface area contributed by atoms with Crippen molar-refractivity contribution in [3.05, 3.63) is 33.8 Å². The van der Waals surface area contributed by atoms with Crippen LogP contribution < -0.4 is 5.32 Å². The third-order valence-electron chi connectivity index (χ3n) is 4.69.